The Hall–Kier alpha value is -2.79. The molecule has 4 nitrogen and oxygen atoms in total. The standard InChI is InChI=1S/C21H18FNO3/c22-15-9-7-14(8-10-15)20-12-18(17-5-1-2-6-19(17)23-20)21(24)26-13-16-4-3-11-25-16/h1-2,5-10,12,16H,3-4,11,13H2. The summed E-state index contributed by atoms with van der Waals surface area (Å²) in [6.45, 7) is 0.969. The van der Waals surface area contributed by atoms with Crippen LogP contribution in [0.1, 0.15) is 23.2 Å². The van der Waals surface area contributed by atoms with Gasteiger partial charge < -0.3 is 9.47 Å². The molecule has 2 heterocycles. The number of esters is 1. The van der Waals surface area contributed by atoms with Crippen molar-refractivity contribution in [2.24, 2.45) is 0 Å². The van der Waals surface area contributed by atoms with Crippen molar-refractivity contribution >= 4 is 16.9 Å². The lowest BCUT2D eigenvalue weighted by Gasteiger charge is -2.12. The Bertz CT molecular complexity index is 934. The summed E-state index contributed by atoms with van der Waals surface area (Å²) in [5, 5.41) is 0.732. The van der Waals surface area contributed by atoms with Gasteiger partial charge in [0.05, 0.1) is 22.9 Å². The fourth-order valence-electron chi connectivity index (χ4n) is 3.13. The van der Waals surface area contributed by atoms with E-state index in [0.29, 0.717) is 16.8 Å². The molecule has 1 aliphatic heterocycles. The molecule has 1 fully saturated rings. The molecule has 0 amide bonds. The molecule has 0 bridgehead atoms. The van der Waals surface area contributed by atoms with E-state index >= 15 is 0 Å². The molecule has 1 atom stereocenters. The highest BCUT2D eigenvalue weighted by molar-refractivity contribution is 6.04. The Labute approximate surface area is 150 Å². The molecule has 1 aromatic heterocycles. The molecule has 1 unspecified atom stereocenters. The van der Waals surface area contributed by atoms with Crippen molar-refractivity contribution < 1.29 is 18.7 Å². The van der Waals surface area contributed by atoms with Gasteiger partial charge in [-0.25, -0.2) is 14.2 Å². The lowest BCUT2D eigenvalue weighted by Crippen LogP contribution is -2.18. The van der Waals surface area contributed by atoms with E-state index in [0.717, 1.165) is 30.4 Å². The van der Waals surface area contributed by atoms with E-state index < -0.39 is 5.97 Å². The monoisotopic (exact) mass is 351 g/mol. The summed E-state index contributed by atoms with van der Waals surface area (Å²) in [4.78, 5) is 17.3. The molecule has 3 aromatic rings. The molecule has 0 saturated carbocycles. The van der Waals surface area contributed by atoms with Crippen LogP contribution in [0, 0.1) is 5.82 Å². The minimum absolute atomic E-state index is 0.0244. The first-order valence-electron chi connectivity index (χ1n) is 8.65. The maximum absolute atomic E-state index is 13.2. The van der Waals surface area contributed by atoms with E-state index in [-0.39, 0.29) is 18.5 Å². The summed E-state index contributed by atoms with van der Waals surface area (Å²) >= 11 is 0. The minimum Gasteiger partial charge on any atom is -0.459 e. The average molecular weight is 351 g/mol. The van der Waals surface area contributed by atoms with E-state index in [1.165, 1.54) is 12.1 Å². The van der Waals surface area contributed by atoms with Crippen molar-refractivity contribution in [3.8, 4) is 11.3 Å². The van der Waals surface area contributed by atoms with Crippen LogP contribution < -0.4 is 0 Å². The van der Waals surface area contributed by atoms with Crippen molar-refractivity contribution in [1.29, 1.82) is 0 Å². The van der Waals surface area contributed by atoms with Gasteiger partial charge in [-0.05, 0) is 49.2 Å². The second-order valence-corrected chi connectivity index (χ2v) is 6.31. The highest BCUT2D eigenvalue weighted by Gasteiger charge is 2.20. The van der Waals surface area contributed by atoms with E-state index in [1.54, 1.807) is 18.2 Å². The Morgan fingerprint density at radius 1 is 1.19 bits per heavy atom. The molecule has 0 spiro atoms. The largest absolute Gasteiger partial charge is 0.459 e. The third-order valence-corrected chi connectivity index (χ3v) is 4.50. The maximum atomic E-state index is 13.2. The summed E-state index contributed by atoms with van der Waals surface area (Å²) in [7, 11) is 0. The summed E-state index contributed by atoms with van der Waals surface area (Å²) < 4.78 is 24.2. The molecule has 132 valence electrons. The zero-order chi connectivity index (χ0) is 17.9. The van der Waals surface area contributed by atoms with Gasteiger partial charge in [-0.2, -0.15) is 0 Å². The number of hydrogen-bond donors (Lipinski definition) is 0. The van der Waals surface area contributed by atoms with E-state index in [4.69, 9.17) is 9.47 Å². The molecule has 0 radical (unpaired) electrons. The number of pyridine rings is 1. The number of aromatic nitrogens is 1. The summed E-state index contributed by atoms with van der Waals surface area (Å²) in [6.07, 6.45) is 1.88. The number of carbonyl (C=O) groups excluding carboxylic acids is 1. The highest BCUT2D eigenvalue weighted by atomic mass is 19.1. The minimum atomic E-state index is -0.400. The number of nitrogens with zero attached hydrogens (tertiary/aromatic N) is 1. The number of benzene rings is 2. The smallest absolute Gasteiger partial charge is 0.338 e. The zero-order valence-electron chi connectivity index (χ0n) is 14.2. The Kier molecular flexibility index (Phi) is 4.63. The van der Waals surface area contributed by atoms with Gasteiger partial charge in [0.2, 0.25) is 0 Å². The van der Waals surface area contributed by atoms with Gasteiger partial charge in [0.1, 0.15) is 12.4 Å². The highest BCUT2D eigenvalue weighted by Crippen LogP contribution is 2.26. The normalized spacial score (nSPS) is 16.7. The number of rotatable bonds is 4. The van der Waals surface area contributed by atoms with Gasteiger partial charge >= 0.3 is 5.97 Å². The van der Waals surface area contributed by atoms with Gasteiger partial charge in [0.25, 0.3) is 0 Å². The van der Waals surface area contributed by atoms with Gasteiger partial charge in [-0.15, -0.1) is 0 Å². The lowest BCUT2D eigenvalue weighted by atomic mass is 10.0. The van der Waals surface area contributed by atoms with Crippen LogP contribution in [0.3, 0.4) is 0 Å². The average Bonchev–Trinajstić information content (AvgIpc) is 3.19. The fraction of sp³-hybridized carbons (Fsp3) is 0.238. The quantitative estimate of drug-likeness (QED) is 0.655. The van der Waals surface area contributed by atoms with Crippen LogP contribution >= 0.6 is 0 Å². The van der Waals surface area contributed by atoms with E-state index in [1.807, 2.05) is 24.3 Å². The molecule has 5 heteroatoms. The molecule has 2 aromatic carbocycles. The summed E-state index contributed by atoms with van der Waals surface area (Å²) in [6, 6.07) is 15.2. The number of fused-ring (bicyclic) bond motifs is 1. The van der Waals surface area contributed by atoms with Gasteiger partial charge in [-0.3, -0.25) is 0 Å². The summed E-state index contributed by atoms with van der Waals surface area (Å²) in [5.74, 6) is -0.715. The summed E-state index contributed by atoms with van der Waals surface area (Å²) in [5.41, 5.74) is 2.49. The number of para-hydroxylation sites is 1. The Morgan fingerprint density at radius 3 is 2.77 bits per heavy atom. The topological polar surface area (TPSA) is 48.4 Å². The molecule has 1 saturated heterocycles. The number of halogens is 1. The molecular formula is C21H18FNO3. The van der Waals surface area contributed by atoms with Crippen LogP contribution in [0.4, 0.5) is 4.39 Å². The fourth-order valence-corrected chi connectivity index (χ4v) is 3.13. The first-order chi connectivity index (χ1) is 12.7. The van der Waals surface area contributed by atoms with Crippen molar-refractivity contribution in [3.63, 3.8) is 0 Å². The lowest BCUT2D eigenvalue weighted by molar-refractivity contribution is 0.0163. The van der Waals surface area contributed by atoms with Crippen molar-refractivity contribution in [2.45, 2.75) is 18.9 Å². The maximum Gasteiger partial charge on any atom is 0.338 e. The van der Waals surface area contributed by atoms with Crippen LogP contribution in [-0.2, 0) is 9.47 Å². The van der Waals surface area contributed by atoms with Crippen LogP contribution in [0.25, 0.3) is 22.2 Å². The number of carbonyl (C=O) groups is 1. The van der Waals surface area contributed by atoms with Crippen molar-refractivity contribution in [2.75, 3.05) is 13.2 Å². The molecule has 0 N–H and O–H groups in total. The third-order valence-electron chi connectivity index (χ3n) is 4.50. The van der Waals surface area contributed by atoms with Crippen LogP contribution in [0.2, 0.25) is 0 Å². The first kappa shape index (κ1) is 16.7. The number of hydrogen-bond acceptors (Lipinski definition) is 4. The molecular weight excluding hydrogens is 333 g/mol. The Morgan fingerprint density at radius 2 is 2.00 bits per heavy atom. The van der Waals surface area contributed by atoms with Gasteiger partial charge in [0.15, 0.2) is 0 Å². The van der Waals surface area contributed by atoms with Crippen molar-refractivity contribution in [1.82, 2.24) is 4.98 Å². The second-order valence-electron chi connectivity index (χ2n) is 6.31. The van der Waals surface area contributed by atoms with Crippen LogP contribution in [-0.4, -0.2) is 30.3 Å². The molecule has 0 aliphatic carbocycles. The first-order valence-corrected chi connectivity index (χ1v) is 8.65. The van der Waals surface area contributed by atoms with Gasteiger partial charge in [0, 0.05) is 17.6 Å². The predicted molar refractivity (Wildman–Crippen MR) is 96.4 cm³/mol. The van der Waals surface area contributed by atoms with E-state index in [9.17, 15) is 9.18 Å². The van der Waals surface area contributed by atoms with Crippen molar-refractivity contribution in [3.05, 3.63) is 66.0 Å². The third kappa shape index (κ3) is 3.44. The molecule has 1 aliphatic rings. The SMILES string of the molecule is O=C(OCC1CCCO1)c1cc(-c2ccc(F)cc2)nc2ccccc12. The van der Waals surface area contributed by atoms with E-state index in [2.05, 4.69) is 4.98 Å². The van der Waals surface area contributed by atoms with Crippen LogP contribution in [0.15, 0.2) is 54.6 Å². The number of ether oxygens (including phenoxy) is 2. The molecule has 26 heavy (non-hydrogen) atoms. The van der Waals surface area contributed by atoms with Crippen LogP contribution in [0.5, 0.6) is 0 Å². The van der Waals surface area contributed by atoms with Gasteiger partial charge in [-0.1, -0.05) is 18.2 Å². The zero-order valence-corrected chi connectivity index (χ0v) is 14.2. The molecule has 4 rings (SSSR count). The second kappa shape index (κ2) is 7.22. The predicted octanol–water partition coefficient (Wildman–Crippen LogP) is 4.38. The Balaban J connectivity index is 1.69.